The highest BCUT2D eigenvalue weighted by Gasteiger charge is 2.03. The standard InChI is InChI=1S/C12H14FN3/c1-9(14)11-6-15-16(8-11)7-10-2-4-12(13)5-3-10/h2-6,8-9H,7,14H2,1H3/t9-/m0/s1. The smallest absolute Gasteiger partial charge is 0.123 e. The summed E-state index contributed by atoms with van der Waals surface area (Å²) in [7, 11) is 0. The van der Waals surface area contributed by atoms with E-state index < -0.39 is 0 Å². The van der Waals surface area contributed by atoms with Crippen molar-refractivity contribution in [2.45, 2.75) is 19.5 Å². The average Bonchev–Trinajstić information content (AvgIpc) is 2.70. The summed E-state index contributed by atoms with van der Waals surface area (Å²) in [6, 6.07) is 6.39. The van der Waals surface area contributed by atoms with E-state index in [9.17, 15) is 4.39 Å². The maximum Gasteiger partial charge on any atom is 0.123 e. The van der Waals surface area contributed by atoms with E-state index in [0.717, 1.165) is 11.1 Å². The van der Waals surface area contributed by atoms with Gasteiger partial charge in [0.25, 0.3) is 0 Å². The van der Waals surface area contributed by atoms with Crippen LogP contribution in [0.5, 0.6) is 0 Å². The highest BCUT2D eigenvalue weighted by molar-refractivity contribution is 5.17. The minimum absolute atomic E-state index is 0.0121. The second kappa shape index (κ2) is 4.45. The Morgan fingerprint density at radius 2 is 2.06 bits per heavy atom. The highest BCUT2D eigenvalue weighted by atomic mass is 19.1. The summed E-state index contributed by atoms with van der Waals surface area (Å²) in [6.07, 6.45) is 3.67. The molecular formula is C12H14FN3. The van der Waals surface area contributed by atoms with Gasteiger partial charge in [-0.3, -0.25) is 4.68 Å². The number of nitrogens with two attached hydrogens (primary N) is 1. The first-order valence-electron chi connectivity index (χ1n) is 5.17. The van der Waals surface area contributed by atoms with Crippen LogP contribution in [-0.4, -0.2) is 9.78 Å². The van der Waals surface area contributed by atoms with Crippen molar-refractivity contribution in [3.05, 3.63) is 53.6 Å². The van der Waals surface area contributed by atoms with Gasteiger partial charge in [-0.05, 0) is 24.6 Å². The molecule has 2 aromatic rings. The zero-order chi connectivity index (χ0) is 11.5. The monoisotopic (exact) mass is 219 g/mol. The molecule has 1 atom stereocenters. The van der Waals surface area contributed by atoms with Gasteiger partial charge in [0.05, 0.1) is 12.7 Å². The fourth-order valence-electron chi connectivity index (χ4n) is 1.48. The van der Waals surface area contributed by atoms with Gasteiger partial charge in [0.15, 0.2) is 0 Å². The predicted molar refractivity (Wildman–Crippen MR) is 60.3 cm³/mol. The lowest BCUT2D eigenvalue weighted by molar-refractivity contribution is 0.624. The Morgan fingerprint density at radius 3 is 2.62 bits per heavy atom. The Kier molecular flexibility index (Phi) is 3.01. The number of hydrogen-bond donors (Lipinski definition) is 1. The SMILES string of the molecule is C[C@H](N)c1cnn(Cc2ccc(F)cc2)c1. The van der Waals surface area contributed by atoms with Crippen molar-refractivity contribution in [2.24, 2.45) is 5.73 Å². The van der Waals surface area contributed by atoms with E-state index in [-0.39, 0.29) is 11.9 Å². The number of rotatable bonds is 3. The van der Waals surface area contributed by atoms with Crippen molar-refractivity contribution in [2.75, 3.05) is 0 Å². The van der Waals surface area contributed by atoms with Gasteiger partial charge < -0.3 is 5.73 Å². The molecule has 3 nitrogen and oxygen atoms in total. The fourth-order valence-corrected chi connectivity index (χ4v) is 1.48. The third-order valence-electron chi connectivity index (χ3n) is 2.44. The molecule has 1 aromatic heterocycles. The van der Waals surface area contributed by atoms with Crippen LogP contribution >= 0.6 is 0 Å². The van der Waals surface area contributed by atoms with Crippen LogP contribution in [0, 0.1) is 5.82 Å². The molecule has 0 amide bonds. The minimum atomic E-state index is -0.222. The van der Waals surface area contributed by atoms with E-state index >= 15 is 0 Å². The summed E-state index contributed by atoms with van der Waals surface area (Å²) in [6.45, 7) is 2.55. The van der Waals surface area contributed by atoms with E-state index in [4.69, 9.17) is 5.73 Å². The van der Waals surface area contributed by atoms with Crippen LogP contribution in [0.2, 0.25) is 0 Å². The van der Waals surface area contributed by atoms with Crippen molar-refractivity contribution in [1.29, 1.82) is 0 Å². The molecule has 0 aliphatic heterocycles. The maximum atomic E-state index is 12.7. The first-order chi connectivity index (χ1) is 7.65. The molecule has 2 rings (SSSR count). The highest BCUT2D eigenvalue weighted by Crippen LogP contribution is 2.09. The molecule has 16 heavy (non-hydrogen) atoms. The Morgan fingerprint density at radius 1 is 1.38 bits per heavy atom. The average molecular weight is 219 g/mol. The maximum absolute atomic E-state index is 12.7. The van der Waals surface area contributed by atoms with Crippen LogP contribution in [0.3, 0.4) is 0 Å². The van der Waals surface area contributed by atoms with Gasteiger partial charge in [0.1, 0.15) is 5.82 Å². The quantitative estimate of drug-likeness (QED) is 0.859. The Bertz CT molecular complexity index is 459. The number of aromatic nitrogens is 2. The van der Waals surface area contributed by atoms with Gasteiger partial charge in [0.2, 0.25) is 0 Å². The van der Waals surface area contributed by atoms with Crippen molar-refractivity contribution >= 4 is 0 Å². The normalized spacial score (nSPS) is 12.7. The molecule has 2 N–H and O–H groups in total. The minimum Gasteiger partial charge on any atom is -0.324 e. The first kappa shape index (κ1) is 10.8. The molecule has 4 heteroatoms. The second-order valence-electron chi connectivity index (χ2n) is 3.89. The second-order valence-corrected chi connectivity index (χ2v) is 3.89. The molecule has 0 fully saturated rings. The van der Waals surface area contributed by atoms with Crippen LogP contribution in [0.15, 0.2) is 36.7 Å². The largest absolute Gasteiger partial charge is 0.324 e. The molecule has 0 radical (unpaired) electrons. The predicted octanol–water partition coefficient (Wildman–Crippen LogP) is 2.09. The zero-order valence-electron chi connectivity index (χ0n) is 9.10. The van der Waals surface area contributed by atoms with Crippen LogP contribution in [0.4, 0.5) is 4.39 Å². The summed E-state index contributed by atoms with van der Waals surface area (Å²) >= 11 is 0. The lowest BCUT2D eigenvalue weighted by Gasteiger charge is -2.02. The molecular weight excluding hydrogens is 205 g/mol. The van der Waals surface area contributed by atoms with Crippen molar-refractivity contribution < 1.29 is 4.39 Å². The van der Waals surface area contributed by atoms with Gasteiger partial charge in [-0.25, -0.2) is 4.39 Å². The number of hydrogen-bond acceptors (Lipinski definition) is 2. The van der Waals surface area contributed by atoms with Gasteiger partial charge in [-0.15, -0.1) is 0 Å². The molecule has 0 spiro atoms. The Balaban J connectivity index is 2.11. The number of halogens is 1. The number of benzene rings is 1. The number of nitrogens with zero attached hydrogens (tertiary/aromatic N) is 2. The van der Waals surface area contributed by atoms with E-state index in [1.807, 2.05) is 13.1 Å². The first-order valence-corrected chi connectivity index (χ1v) is 5.17. The van der Waals surface area contributed by atoms with E-state index in [1.165, 1.54) is 12.1 Å². The molecule has 0 saturated heterocycles. The summed E-state index contributed by atoms with van der Waals surface area (Å²) in [5, 5.41) is 4.20. The molecule has 0 aliphatic rings. The van der Waals surface area contributed by atoms with Crippen molar-refractivity contribution in [3.63, 3.8) is 0 Å². The fraction of sp³-hybridized carbons (Fsp3) is 0.250. The molecule has 84 valence electrons. The van der Waals surface area contributed by atoms with Crippen LogP contribution in [0.1, 0.15) is 24.1 Å². The van der Waals surface area contributed by atoms with Crippen LogP contribution in [0.25, 0.3) is 0 Å². The molecule has 1 heterocycles. The van der Waals surface area contributed by atoms with Crippen molar-refractivity contribution in [3.8, 4) is 0 Å². The third-order valence-corrected chi connectivity index (χ3v) is 2.44. The van der Waals surface area contributed by atoms with Crippen LogP contribution in [-0.2, 0) is 6.54 Å². The lowest BCUT2D eigenvalue weighted by Crippen LogP contribution is -2.04. The molecule has 0 bridgehead atoms. The summed E-state index contributed by atoms with van der Waals surface area (Å²) in [4.78, 5) is 0. The lowest BCUT2D eigenvalue weighted by atomic mass is 10.2. The third kappa shape index (κ3) is 2.46. The zero-order valence-corrected chi connectivity index (χ0v) is 9.10. The summed E-state index contributed by atoms with van der Waals surface area (Å²) in [5.41, 5.74) is 7.75. The van der Waals surface area contributed by atoms with Crippen molar-refractivity contribution in [1.82, 2.24) is 9.78 Å². The van der Waals surface area contributed by atoms with Gasteiger partial charge in [-0.2, -0.15) is 5.10 Å². The molecule has 0 aliphatic carbocycles. The molecule has 0 saturated carbocycles. The van der Waals surface area contributed by atoms with E-state index in [0.29, 0.717) is 6.54 Å². The van der Waals surface area contributed by atoms with E-state index in [2.05, 4.69) is 5.10 Å². The topological polar surface area (TPSA) is 43.8 Å². The van der Waals surface area contributed by atoms with Gasteiger partial charge in [0, 0.05) is 17.8 Å². The van der Waals surface area contributed by atoms with Crippen LogP contribution < -0.4 is 5.73 Å². The summed E-state index contributed by atoms with van der Waals surface area (Å²) < 4.78 is 14.5. The molecule has 0 unspecified atom stereocenters. The molecule has 1 aromatic carbocycles. The summed E-state index contributed by atoms with van der Waals surface area (Å²) in [5.74, 6) is -0.222. The van der Waals surface area contributed by atoms with Gasteiger partial charge in [-0.1, -0.05) is 12.1 Å². The Hall–Kier alpha value is -1.68. The Labute approximate surface area is 93.7 Å². The van der Waals surface area contributed by atoms with E-state index in [1.54, 1.807) is 23.0 Å². The van der Waals surface area contributed by atoms with Gasteiger partial charge >= 0.3 is 0 Å².